The fourth-order valence-corrected chi connectivity index (χ4v) is 2.52. The summed E-state index contributed by atoms with van der Waals surface area (Å²) in [7, 11) is 0. The molecule has 0 heterocycles. The number of carboxylic acids is 1. The lowest BCUT2D eigenvalue weighted by Gasteiger charge is -2.19. The molecule has 0 spiro atoms. The third-order valence-electron chi connectivity index (χ3n) is 3.89. The van der Waals surface area contributed by atoms with Gasteiger partial charge in [-0.15, -0.1) is 0 Å². The van der Waals surface area contributed by atoms with Crippen molar-refractivity contribution in [1.82, 2.24) is 5.32 Å². The number of carboxylic acid groups (broad SMARTS) is 1. The van der Waals surface area contributed by atoms with Gasteiger partial charge in [-0.25, -0.2) is 0 Å². The summed E-state index contributed by atoms with van der Waals surface area (Å²) in [5.74, 6) is -0.487. The van der Waals surface area contributed by atoms with Gasteiger partial charge < -0.3 is 15.2 Å². The quantitative estimate of drug-likeness (QED) is 0.771. The molecule has 0 aromatic heterocycles. The van der Waals surface area contributed by atoms with Crippen molar-refractivity contribution in [2.24, 2.45) is 0 Å². The average molecular weight is 341 g/mol. The average Bonchev–Trinajstić information content (AvgIpc) is 2.60. The number of amides is 1. The second kappa shape index (κ2) is 8.87. The molecule has 2 N–H and O–H groups in total. The van der Waals surface area contributed by atoms with Crippen LogP contribution in [0.4, 0.5) is 0 Å². The van der Waals surface area contributed by atoms with Crippen LogP contribution in [0.25, 0.3) is 0 Å². The molecule has 5 nitrogen and oxygen atoms in total. The number of carbonyl (C=O) groups is 2. The maximum atomic E-state index is 12.3. The van der Waals surface area contributed by atoms with E-state index in [9.17, 15) is 9.59 Å². The van der Waals surface area contributed by atoms with Crippen LogP contribution in [0.3, 0.4) is 0 Å². The highest BCUT2D eigenvalue weighted by atomic mass is 16.5. The number of aliphatic carboxylic acids is 1. The monoisotopic (exact) mass is 341 g/mol. The fraction of sp³-hybridized carbons (Fsp3) is 0.300. The number of hydrogen-bond acceptors (Lipinski definition) is 3. The molecule has 132 valence electrons. The van der Waals surface area contributed by atoms with Crippen LogP contribution >= 0.6 is 0 Å². The Labute approximate surface area is 147 Å². The van der Waals surface area contributed by atoms with Crippen molar-refractivity contribution in [2.75, 3.05) is 6.61 Å². The van der Waals surface area contributed by atoms with Gasteiger partial charge in [0.1, 0.15) is 5.75 Å². The van der Waals surface area contributed by atoms with Crippen LogP contribution < -0.4 is 10.1 Å². The van der Waals surface area contributed by atoms with Crippen molar-refractivity contribution in [1.29, 1.82) is 0 Å². The summed E-state index contributed by atoms with van der Waals surface area (Å²) in [6.45, 7) is 3.77. The van der Waals surface area contributed by atoms with Gasteiger partial charge in [0.15, 0.2) is 6.61 Å². The van der Waals surface area contributed by atoms with Crippen molar-refractivity contribution in [3.8, 4) is 5.75 Å². The van der Waals surface area contributed by atoms with Crippen molar-refractivity contribution < 1.29 is 19.4 Å². The van der Waals surface area contributed by atoms with Crippen LogP contribution in [0.5, 0.6) is 5.75 Å². The third-order valence-corrected chi connectivity index (χ3v) is 3.89. The molecular formula is C20H23NO4. The summed E-state index contributed by atoms with van der Waals surface area (Å²) in [6, 6.07) is 14.8. The van der Waals surface area contributed by atoms with Crippen LogP contribution in [0.2, 0.25) is 0 Å². The van der Waals surface area contributed by atoms with E-state index in [-0.39, 0.29) is 25.0 Å². The van der Waals surface area contributed by atoms with E-state index in [1.807, 2.05) is 62.4 Å². The maximum absolute atomic E-state index is 12.3. The largest absolute Gasteiger partial charge is 0.483 e. The molecular weight excluding hydrogens is 318 g/mol. The second-order valence-corrected chi connectivity index (χ2v) is 6.02. The predicted molar refractivity (Wildman–Crippen MR) is 95.6 cm³/mol. The zero-order valence-corrected chi connectivity index (χ0v) is 14.5. The summed E-state index contributed by atoms with van der Waals surface area (Å²) in [5, 5.41) is 11.8. The molecule has 0 aliphatic rings. The minimum Gasteiger partial charge on any atom is -0.483 e. The molecule has 25 heavy (non-hydrogen) atoms. The molecule has 0 bridgehead atoms. The fourth-order valence-electron chi connectivity index (χ4n) is 2.52. The van der Waals surface area contributed by atoms with Crippen molar-refractivity contribution in [3.05, 3.63) is 65.2 Å². The third kappa shape index (κ3) is 5.95. The Kier molecular flexibility index (Phi) is 6.57. The summed E-state index contributed by atoms with van der Waals surface area (Å²) >= 11 is 0. The van der Waals surface area contributed by atoms with E-state index >= 15 is 0 Å². The van der Waals surface area contributed by atoms with E-state index in [0.29, 0.717) is 12.2 Å². The Morgan fingerprint density at radius 3 is 2.52 bits per heavy atom. The Hall–Kier alpha value is -2.82. The molecule has 2 aromatic rings. The van der Waals surface area contributed by atoms with Crippen LogP contribution in [-0.4, -0.2) is 23.6 Å². The van der Waals surface area contributed by atoms with Gasteiger partial charge in [-0.05, 0) is 43.0 Å². The number of rotatable bonds is 8. The van der Waals surface area contributed by atoms with E-state index in [1.165, 1.54) is 0 Å². The first-order valence-electron chi connectivity index (χ1n) is 8.22. The minimum absolute atomic E-state index is 0.0162. The van der Waals surface area contributed by atoms with Crippen molar-refractivity contribution >= 4 is 11.9 Å². The van der Waals surface area contributed by atoms with E-state index in [4.69, 9.17) is 9.84 Å². The van der Waals surface area contributed by atoms with Crippen LogP contribution in [-0.2, 0) is 9.59 Å². The first kappa shape index (κ1) is 18.5. The molecule has 1 unspecified atom stereocenters. The lowest BCUT2D eigenvalue weighted by Crippen LogP contribution is -2.33. The minimum atomic E-state index is -0.887. The molecule has 0 radical (unpaired) electrons. The number of aryl methyl sites for hydroxylation is 2. The topological polar surface area (TPSA) is 75.6 Å². The first-order valence-corrected chi connectivity index (χ1v) is 8.22. The highest BCUT2D eigenvalue weighted by molar-refractivity contribution is 5.78. The normalized spacial score (nSPS) is 11.6. The van der Waals surface area contributed by atoms with Gasteiger partial charge in [-0.1, -0.05) is 42.5 Å². The van der Waals surface area contributed by atoms with Crippen LogP contribution in [0, 0.1) is 13.8 Å². The molecule has 0 saturated heterocycles. The van der Waals surface area contributed by atoms with E-state index in [2.05, 4.69) is 5.32 Å². The summed E-state index contributed by atoms with van der Waals surface area (Å²) < 4.78 is 5.61. The number of carbonyl (C=O) groups excluding carboxylic acids is 1. The van der Waals surface area contributed by atoms with Gasteiger partial charge in [-0.2, -0.15) is 0 Å². The first-order chi connectivity index (χ1) is 12.0. The molecule has 5 heteroatoms. The second-order valence-electron chi connectivity index (χ2n) is 6.02. The van der Waals surface area contributed by atoms with Crippen molar-refractivity contribution in [2.45, 2.75) is 32.7 Å². The SMILES string of the molecule is Cc1ccc(C)c(OCC(=O)NC(CCC(=O)O)c2ccccc2)c1. The van der Waals surface area contributed by atoms with Crippen molar-refractivity contribution in [3.63, 3.8) is 0 Å². The zero-order valence-electron chi connectivity index (χ0n) is 14.5. The predicted octanol–water partition coefficient (Wildman–Crippen LogP) is 3.40. The van der Waals surface area contributed by atoms with Gasteiger partial charge in [0.25, 0.3) is 5.91 Å². The summed E-state index contributed by atoms with van der Waals surface area (Å²) in [4.78, 5) is 23.1. The number of ether oxygens (including phenoxy) is 1. The number of hydrogen-bond donors (Lipinski definition) is 2. The Balaban J connectivity index is 1.98. The molecule has 2 aromatic carbocycles. The smallest absolute Gasteiger partial charge is 0.303 e. The summed E-state index contributed by atoms with van der Waals surface area (Å²) in [6.07, 6.45) is 0.312. The van der Waals surface area contributed by atoms with Crippen LogP contribution in [0.15, 0.2) is 48.5 Å². The Bertz CT molecular complexity index is 728. The molecule has 1 amide bonds. The Morgan fingerprint density at radius 1 is 1.12 bits per heavy atom. The van der Waals surface area contributed by atoms with Gasteiger partial charge in [-0.3, -0.25) is 9.59 Å². The van der Waals surface area contributed by atoms with Gasteiger partial charge in [0.05, 0.1) is 6.04 Å². The van der Waals surface area contributed by atoms with Gasteiger partial charge in [0, 0.05) is 6.42 Å². The van der Waals surface area contributed by atoms with Gasteiger partial charge >= 0.3 is 5.97 Å². The van der Waals surface area contributed by atoms with Gasteiger partial charge in [0.2, 0.25) is 0 Å². The lowest BCUT2D eigenvalue weighted by atomic mass is 10.0. The maximum Gasteiger partial charge on any atom is 0.303 e. The number of nitrogens with one attached hydrogen (secondary N) is 1. The zero-order chi connectivity index (χ0) is 18.2. The van der Waals surface area contributed by atoms with E-state index in [1.54, 1.807) is 0 Å². The Morgan fingerprint density at radius 2 is 1.84 bits per heavy atom. The van der Waals surface area contributed by atoms with E-state index in [0.717, 1.165) is 16.7 Å². The standard InChI is InChI=1S/C20H23NO4/c1-14-8-9-15(2)18(12-14)25-13-19(22)21-17(10-11-20(23)24)16-6-4-3-5-7-16/h3-9,12,17H,10-11,13H2,1-2H3,(H,21,22)(H,23,24). The lowest BCUT2D eigenvalue weighted by molar-refractivity contribution is -0.137. The molecule has 0 aliphatic heterocycles. The number of benzene rings is 2. The summed E-state index contributed by atoms with van der Waals surface area (Å²) in [5.41, 5.74) is 2.90. The highest BCUT2D eigenvalue weighted by Crippen LogP contribution is 2.20. The molecule has 0 aliphatic carbocycles. The molecule has 1 atom stereocenters. The molecule has 0 fully saturated rings. The molecule has 2 rings (SSSR count). The van der Waals surface area contributed by atoms with E-state index < -0.39 is 5.97 Å². The molecule has 0 saturated carbocycles. The highest BCUT2D eigenvalue weighted by Gasteiger charge is 2.16. The van der Waals surface area contributed by atoms with Crippen LogP contribution in [0.1, 0.15) is 35.6 Å².